The lowest BCUT2D eigenvalue weighted by Crippen LogP contribution is -2.01. The van der Waals surface area contributed by atoms with Crippen LogP contribution in [0.2, 0.25) is 0 Å². The molecule has 0 atom stereocenters. The van der Waals surface area contributed by atoms with E-state index in [1.54, 1.807) is 0 Å². The van der Waals surface area contributed by atoms with Crippen LogP contribution in [0.4, 0.5) is 5.69 Å². The second-order valence-electron chi connectivity index (χ2n) is 4.21. The van der Waals surface area contributed by atoms with Crippen LogP contribution < -0.4 is 14.2 Å². The Hall–Kier alpha value is -2.76. The Morgan fingerprint density at radius 2 is 1.62 bits per heavy atom. The van der Waals surface area contributed by atoms with Crippen molar-refractivity contribution in [1.29, 1.82) is 0 Å². The number of nitro benzene ring substituents is 1. The number of hydrogen-bond donors (Lipinski definition) is 0. The third-order valence-electron chi connectivity index (χ3n) is 2.88. The summed E-state index contributed by atoms with van der Waals surface area (Å²) in [5.74, 6) is 0.864. The van der Waals surface area contributed by atoms with E-state index in [2.05, 4.69) is 0 Å². The highest BCUT2D eigenvalue weighted by Crippen LogP contribution is 2.41. The molecule has 2 aromatic rings. The van der Waals surface area contributed by atoms with Crippen molar-refractivity contribution in [3.63, 3.8) is 0 Å². The van der Waals surface area contributed by atoms with Crippen LogP contribution >= 0.6 is 0 Å². The molecule has 0 aliphatic carbocycles. The maximum Gasteiger partial charge on any atom is 0.277 e. The average molecular weight is 289 g/mol. The fourth-order valence-electron chi connectivity index (χ4n) is 1.84. The van der Waals surface area contributed by atoms with E-state index in [0.717, 1.165) is 5.56 Å². The smallest absolute Gasteiger partial charge is 0.277 e. The van der Waals surface area contributed by atoms with Crippen molar-refractivity contribution in [2.24, 2.45) is 0 Å². The number of rotatable bonds is 6. The standard InChI is InChI=1S/C15H15NO5/c1-19-13-8-12(16(17)18)9-14(20-2)15(13)21-10-11-6-4-3-5-7-11/h3-9H,10H2,1-2H3. The van der Waals surface area contributed by atoms with Gasteiger partial charge in [-0.2, -0.15) is 0 Å². The normalized spacial score (nSPS) is 10.0. The summed E-state index contributed by atoms with van der Waals surface area (Å²) >= 11 is 0. The van der Waals surface area contributed by atoms with Crippen LogP contribution in [0.3, 0.4) is 0 Å². The van der Waals surface area contributed by atoms with Gasteiger partial charge in [-0.25, -0.2) is 0 Å². The average Bonchev–Trinajstić information content (AvgIpc) is 2.52. The Balaban J connectivity index is 2.31. The fourth-order valence-corrected chi connectivity index (χ4v) is 1.84. The summed E-state index contributed by atoms with van der Waals surface area (Å²) < 4.78 is 16.0. The largest absolute Gasteiger partial charge is 0.492 e. The van der Waals surface area contributed by atoms with E-state index in [9.17, 15) is 10.1 Å². The lowest BCUT2D eigenvalue weighted by molar-refractivity contribution is -0.385. The molecular formula is C15H15NO5. The lowest BCUT2D eigenvalue weighted by atomic mass is 10.2. The summed E-state index contributed by atoms with van der Waals surface area (Å²) in [6.07, 6.45) is 0. The monoisotopic (exact) mass is 289 g/mol. The maximum absolute atomic E-state index is 10.9. The number of benzene rings is 2. The van der Waals surface area contributed by atoms with Crippen LogP contribution in [0, 0.1) is 10.1 Å². The molecule has 21 heavy (non-hydrogen) atoms. The van der Waals surface area contributed by atoms with Crippen LogP contribution in [0.15, 0.2) is 42.5 Å². The summed E-state index contributed by atoms with van der Waals surface area (Å²) in [5.41, 5.74) is 0.857. The molecule has 0 N–H and O–H groups in total. The minimum absolute atomic E-state index is 0.115. The van der Waals surface area contributed by atoms with Crippen molar-refractivity contribution in [3.8, 4) is 17.2 Å². The summed E-state index contributed by atoms with van der Waals surface area (Å²) in [7, 11) is 2.85. The van der Waals surface area contributed by atoms with E-state index in [4.69, 9.17) is 14.2 Å². The van der Waals surface area contributed by atoms with Gasteiger partial charge in [0.05, 0.1) is 31.3 Å². The minimum Gasteiger partial charge on any atom is -0.492 e. The number of non-ortho nitro benzene ring substituents is 1. The highest BCUT2D eigenvalue weighted by Gasteiger charge is 2.19. The molecule has 0 aliphatic heterocycles. The highest BCUT2D eigenvalue weighted by molar-refractivity contribution is 5.58. The Kier molecular flexibility index (Phi) is 4.61. The van der Waals surface area contributed by atoms with E-state index < -0.39 is 4.92 Å². The summed E-state index contributed by atoms with van der Waals surface area (Å²) in [4.78, 5) is 10.4. The number of ether oxygens (including phenoxy) is 3. The molecule has 0 unspecified atom stereocenters. The molecule has 6 heteroatoms. The zero-order valence-electron chi connectivity index (χ0n) is 11.7. The van der Waals surface area contributed by atoms with Crippen molar-refractivity contribution in [3.05, 3.63) is 58.1 Å². The van der Waals surface area contributed by atoms with Crippen LogP contribution in [0.1, 0.15) is 5.56 Å². The van der Waals surface area contributed by atoms with Gasteiger partial charge in [-0.1, -0.05) is 30.3 Å². The molecule has 0 amide bonds. The first kappa shape index (κ1) is 14.6. The van der Waals surface area contributed by atoms with Gasteiger partial charge in [-0.05, 0) is 5.56 Å². The SMILES string of the molecule is COc1cc([N+](=O)[O-])cc(OC)c1OCc1ccccc1. The molecular weight excluding hydrogens is 274 g/mol. The number of hydrogen-bond acceptors (Lipinski definition) is 5. The van der Waals surface area contributed by atoms with Gasteiger partial charge < -0.3 is 14.2 Å². The molecule has 0 aliphatic rings. The first-order chi connectivity index (χ1) is 10.2. The van der Waals surface area contributed by atoms with Gasteiger partial charge in [0.2, 0.25) is 5.75 Å². The van der Waals surface area contributed by atoms with Gasteiger partial charge in [-0.3, -0.25) is 10.1 Å². The number of nitrogens with zero attached hydrogens (tertiary/aromatic N) is 1. The van der Waals surface area contributed by atoms with Gasteiger partial charge in [-0.15, -0.1) is 0 Å². The maximum atomic E-state index is 10.9. The van der Waals surface area contributed by atoms with Crippen LogP contribution in [-0.4, -0.2) is 19.1 Å². The minimum atomic E-state index is -0.508. The predicted octanol–water partition coefficient (Wildman–Crippen LogP) is 3.19. The molecule has 2 aromatic carbocycles. The van der Waals surface area contributed by atoms with Crippen molar-refractivity contribution >= 4 is 5.69 Å². The van der Waals surface area contributed by atoms with Crippen LogP contribution in [-0.2, 0) is 6.61 Å². The van der Waals surface area contributed by atoms with Crippen LogP contribution in [0.25, 0.3) is 0 Å². The first-order valence-corrected chi connectivity index (χ1v) is 6.23. The van der Waals surface area contributed by atoms with Gasteiger partial charge in [0.1, 0.15) is 6.61 Å². The highest BCUT2D eigenvalue weighted by atomic mass is 16.6. The van der Waals surface area contributed by atoms with E-state index in [1.807, 2.05) is 30.3 Å². The molecule has 0 aromatic heterocycles. The Morgan fingerprint density at radius 1 is 1.05 bits per heavy atom. The molecule has 6 nitrogen and oxygen atoms in total. The van der Waals surface area contributed by atoms with Gasteiger partial charge in [0.15, 0.2) is 11.5 Å². The van der Waals surface area contributed by atoms with E-state index in [1.165, 1.54) is 26.4 Å². The predicted molar refractivity (Wildman–Crippen MR) is 77.0 cm³/mol. The second kappa shape index (κ2) is 6.60. The lowest BCUT2D eigenvalue weighted by Gasteiger charge is -2.14. The molecule has 0 radical (unpaired) electrons. The third-order valence-corrected chi connectivity index (χ3v) is 2.88. The summed E-state index contributed by atoms with van der Waals surface area (Å²) in [6.45, 7) is 0.311. The third kappa shape index (κ3) is 3.42. The molecule has 0 heterocycles. The van der Waals surface area contributed by atoms with E-state index in [0.29, 0.717) is 12.4 Å². The molecule has 110 valence electrons. The molecule has 0 fully saturated rings. The van der Waals surface area contributed by atoms with E-state index >= 15 is 0 Å². The zero-order chi connectivity index (χ0) is 15.2. The van der Waals surface area contributed by atoms with Crippen molar-refractivity contribution < 1.29 is 19.1 Å². The molecule has 2 rings (SSSR count). The first-order valence-electron chi connectivity index (χ1n) is 6.23. The Morgan fingerprint density at radius 3 is 2.10 bits per heavy atom. The zero-order valence-corrected chi connectivity index (χ0v) is 11.7. The van der Waals surface area contributed by atoms with Gasteiger partial charge in [0, 0.05) is 0 Å². The van der Waals surface area contributed by atoms with Gasteiger partial charge in [0.25, 0.3) is 5.69 Å². The van der Waals surface area contributed by atoms with Crippen LogP contribution in [0.5, 0.6) is 17.2 Å². The Labute approximate surface area is 122 Å². The molecule has 0 saturated carbocycles. The summed E-state index contributed by atoms with van der Waals surface area (Å²) in [6, 6.07) is 12.2. The Bertz CT molecular complexity index is 602. The quantitative estimate of drug-likeness (QED) is 0.603. The summed E-state index contributed by atoms with van der Waals surface area (Å²) in [5, 5.41) is 10.9. The molecule has 0 spiro atoms. The van der Waals surface area contributed by atoms with Crippen molar-refractivity contribution in [2.75, 3.05) is 14.2 Å². The molecule has 0 saturated heterocycles. The topological polar surface area (TPSA) is 70.8 Å². The molecule has 0 bridgehead atoms. The fraction of sp³-hybridized carbons (Fsp3) is 0.200. The van der Waals surface area contributed by atoms with Gasteiger partial charge >= 0.3 is 0 Å². The number of methoxy groups -OCH3 is 2. The van der Waals surface area contributed by atoms with Crippen molar-refractivity contribution in [1.82, 2.24) is 0 Å². The number of nitro groups is 1. The van der Waals surface area contributed by atoms with E-state index in [-0.39, 0.29) is 17.2 Å². The van der Waals surface area contributed by atoms with Crippen molar-refractivity contribution in [2.45, 2.75) is 6.61 Å². The second-order valence-corrected chi connectivity index (χ2v) is 4.21.